The normalized spacial score (nSPS) is 17.9. The highest BCUT2D eigenvalue weighted by Gasteiger charge is 2.28. The van der Waals surface area contributed by atoms with Gasteiger partial charge < -0.3 is 15.3 Å². The molecule has 5 nitrogen and oxygen atoms in total. The lowest BCUT2D eigenvalue weighted by atomic mass is 10.1. The van der Waals surface area contributed by atoms with Crippen molar-refractivity contribution in [3.05, 3.63) is 29.3 Å². The molecule has 1 heterocycles. The van der Waals surface area contributed by atoms with Crippen molar-refractivity contribution in [1.29, 1.82) is 0 Å². The highest BCUT2D eigenvalue weighted by Crippen LogP contribution is 2.22. The molecule has 0 aliphatic carbocycles. The first-order valence-corrected chi connectivity index (χ1v) is 6.60. The molecule has 1 saturated heterocycles. The van der Waals surface area contributed by atoms with Gasteiger partial charge in [0, 0.05) is 25.6 Å². The number of anilines is 1. The van der Waals surface area contributed by atoms with E-state index in [0.717, 1.165) is 12.1 Å². The number of halogens is 2. The number of benzene rings is 1. The van der Waals surface area contributed by atoms with Crippen LogP contribution in [0.1, 0.15) is 18.4 Å². The molecule has 1 aliphatic heterocycles. The number of nitrogens with zero attached hydrogens (tertiary/aromatic N) is 1. The third-order valence-electron chi connectivity index (χ3n) is 3.53. The number of urea groups is 1. The molecule has 1 atom stereocenters. The molecule has 0 saturated carbocycles. The number of hydrogen-bond acceptors (Lipinski definition) is 2. The summed E-state index contributed by atoms with van der Waals surface area (Å²) in [5.74, 6) is -2.32. The third kappa shape index (κ3) is 3.68. The van der Waals surface area contributed by atoms with Gasteiger partial charge in [-0.2, -0.15) is 0 Å². The standard InChI is InChI=1S/C14H16F2N2O3/c1-8-4-11(16)12(6-10(8)15)17-14(21)18-3-2-9(7-18)5-13(19)20/h4,6,9H,2-3,5,7H2,1H3,(H,17,21)(H,19,20). The third-order valence-corrected chi connectivity index (χ3v) is 3.53. The maximum atomic E-state index is 13.6. The van der Waals surface area contributed by atoms with Gasteiger partial charge in [0.1, 0.15) is 11.6 Å². The van der Waals surface area contributed by atoms with E-state index < -0.39 is 23.6 Å². The van der Waals surface area contributed by atoms with E-state index in [0.29, 0.717) is 19.5 Å². The van der Waals surface area contributed by atoms with Crippen LogP contribution in [0.4, 0.5) is 19.3 Å². The van der Waals surface area contributed by atoms with E-state index in [2.05, 4.69) is 5.32 Å². The lowest BCUT2D eigenvalue weighted by molar-refractivity contribution is -0.138. The van der Waals surface area contributed by atoms with Gasteiger partial charge in [0.15, 0.2) is 0 Å². The molecule has 1 aromatic carbocycles. The predicted octanol–water partition coefficient (Wildman–Crippen LogP) is 2.60. The maximum absolute atomic E-state index is 13.6. The van der Waals surface area contributed by atoms with Crippen molar-refractivity contribution < 1.29 is 23.5 Å². The van der Waals surface area contributed by atoms with Gasteiger partial charge in [-0.25, -0.2) is 13.6 Å². The Kier molecular flexibility index (Phi) is 4.40. The fourth-order valence-electron chi connectivity index (χ4n) is 2.37. The van der Waals surface area contributed by atoms with Gasteiger partial charge in [0.2, 0.25) is 0 Å². The van der Waals surface area contributed by atoms with Crippen LogP contribution in [0.3, 0.4) is 0 Å². The number of rotatable bonds is 3. The zero-order valence-corrected chi connectivity index (χ0v) is 11.5. The summed E-state index contributed by atoms with van der Waals surface area (Å²) in [6.07, 6.45) is 0.585. The smallest absolute Gasteiger partial charge is 0.321 e. The lowest BCUT2D eigenvalue weighted by Gasteiger charge is -2.17. The van der Waals surface area contributed by atoms with Crippen LogP contribution in [0.25, 0.3) is 0 Å². The van der Waals surface area contributed by atoms with E-state index in [1.165, 1.54) is 11.8 Å². The average Bonchev–Trinajstić information content (AvgIpc) is 2.83. The van der Waals surface area contributed by atoms with Gasteiger partial charge in [-0.15, -0.1) is 0 Å². The first-order chi connectivity index (χ1) is 9.86. The zero-order valence-electron chi connectivity index (χ0n) is 11.5. The minimum atomic E-state index is -0.908. The van der Waals surface area contributed by atoms with Crippen molar-refractivity contribution in [2.45, 2.75) is 19.8 Å². The Bertz CT molecular complexity index is 578. The molecule has 21 heavy (non-hydrogen) atoms. The van der Waals surface area contributed by atoms with Gasteiger partial charge in [-0.3, -0.25) is 4.79 Å². The van der Waals surface area contributed by atoms with Crippen LogP contribution in [-0.2, 0) is 4.79 Å². The number of aliphatic carboxylic acids is 1. The molecule has 2 amide bonds. The summed E-state index contributed by atoms with van der Waals surface area (Å²) in [6, 6.07) is 1.40. The number of amides is 2. The Morgan fingerprint density at radius 2 is 2.10 bits per heavy atom. The summed E-state index contributed by atoms with van der Waals surface area (Å²) in [4.78, 5) is 24.0. The summed E-state index contributed by atoms with van der Waals surface area (Å²) < 4.78 is 27.0. The van der Waals surface area contributed by atoms with E-state index in [4.69, 9.17) is 5.11 Å². The number of hydrogen-bond donors (Lipinski definition) is 2. The van der Waals surface area contributed by atoms with Crippen LogP contribution in [0.2, 0.25) is 0 Å². The Labute approximate surface area is 120 Å². The molecule has 0 radical (unpaired) electrons. The highest BCUT2D eigenvalue weighted by atomic mass is 19.1. The average molecular weight is 298 g/mol. The quantitative estimate of drug-likeness (QED) is 0.901. The second-order valence-electron chi connectivity index (χ2n) is 5.21. The second-order valence-corrected chi connectivity index (χ2v) is 5.21. The Morgan fingerprint density at radius 3 is 2.76 bits per heavy atom. The molecule has 2 rings (SSSR count). The molecule has 114 valence electrons. The number of nitrogens with one attached hydrogen (secondary N) is 1. The second kappa shape index (κ2) is 6.07. The molecule has 1 fully saturated rings. The number of likely N-dealkylation sites (tertiary alicyclic amines) is 1. The molecule has 1 aliphatic rings. The Balaban J connectivity index is 1.99. The number of carbonyl (C=O) groups excluding carboxylic acids is 1. The molecule has 0 aromatic heterocycles. The summed E-state index contributed by atoms with van der Waals surface area (Å²) in [7, 11) is 0. The molecular weight excluding hydrogens is 282 g/mol. The predicted molar refractivity (Wildman–Crippen MR) is 72.0 cm³/mol. The lowest BCUT2D eigenvalue weighted by Crippen LogP contribution is -2.33. The van der Waals surface area contributed by atoms with Crippen LogP contribution in [0, 0.1) is 24.5 Å². The summed E-state index contributed by atoms with van der Waals surface area (Å²) in [6.45, 7) is 2.13. The first-order valence-electron chi connectivity index (χ1n) is 6.60. The summed E-state index contributed by atoms with van der Waals surface area (Å²) in [5.41, 5.74) is -0.0574. The molecule has 2 N–H and O–H groups in total. The highest BCUT2D eigenvalue weighted by molar-refractivity contribution is 5.89. The van der Waals surface area contributed by atoms with Gasteiger partial charge in [0.25, 0.3) is 0 Å². The van der Waals surface area contributed by atoms with Crippen LogP contribution in [-0.4, -0.2) is 35.1 Å². The molecular formula is C14H16F2N2O3. The van der Waals surface area contributed by atoms with Gasteiger partial charge >= 0.3 is 12.0 Å². The minimum absolute atomic E-state index is 0.00268. The van der Waals surface area contributed by atoms with Crippen LogP contribution < -0.4 is 5.32 Å². The van der Waals surface area contributed by atoms with E-state index in [-0.39, 0.29) is 23.6 Å². The Hall–Kier alpha value is -2.18. The molecule has 1 aromatic rings. The van der Waals surface area contributed by atoms with Gasteiger partial charge in [-0.05, 0) is 30.9 Å². The largest absolute Gasteiger partial charge is 0.481 e. The fraction of sp³-hybridized carbons (Fsp3) is 0.429. The zero-order chi connectivity index (χ0) is 15.6. The summed E-state index contributed by atoms with van der Waals surface area (Å²) in [5, 5.41) is 11.0. The Morgan fingerprint density at radius 1 is 1.38 bits per heavy atom. The van der Waals surface area contributed by atoms with Gasteiger partial charge in [0.05, 0.1) is 5.69 Å². The fourth-order valence-corrected chi connectivity index (χ4v) is 2.37. The first kappa shape index (κ1) is 15.2. The van der Waals surface area contributed by atoms with Crippen molar-refractivity contribution in [2.24, 2.45) is 5.92 Å². The molecule has 7 heteroatoms. The van der Waals surface area contributed by atoms with Crippen molar-refractivity contribution in [1.82, 2.24) is 4.90 Å². The molecule has 0 spiro atoms. The van der Waals surface area contributed by atoms with Gasteiger partial charge in [-0.1, -0.05) is 0 Å². The van der Waals surface area contributed by atoms with Crippen molar-refractivity contribution in [2.75, 3.05) is 18.4 Å². The van der Waals surface area contributed by atoms with E-state index in [1.807, 2.05) is 0 Å². The van der Waals surface area contributed by atoms with Crippen molar-refractivity contribution in [3.63, 3.8) is 0 Å². The van der Waals surface area contributed by atoms with Crippen LogP contribution in [0.15, 0.2) is 12.1 Å². The SMILES string of the molecule is Cc1cc(F)c(NC(=O)N2CCC(CC(=O)O)C2)cc1F. The molecule has 1 unspecified atom stereocenters. The summed E-state index contributed by atoms with van der Waals surface area (Å²) >= 11 is 0. The number of aryl methyl sites for hydroxylation is 1. The number of carboxylic acids is 1. The van der Waals surface area contributed by atoms with Crippen LogP contribution >= 0.6 is 0 Å². The van der Waals surface area contributed by atoms with E-state index >= 15 is 0 Å². The number of carbonyl (C=O) groups is 2. The molecule has 0 bridgehead atoms. The number of carboxylic acid groups (broad SMARTS) is 1. The minimum Gasteiger partial charge on any atom is -0.481 e. The topological polar surface area (TPSA) is 69.6 Å². The van der Waals surface area contributed by atoms with E-state index in [9.17, 15) is 18.4 Å². The monoisotopic (exact) mass is 298 g/mol. The van der Waals surface area contributed by atoms with Crippen molar-refractivity contribution in [3.8, 4) is 0 Å². The van der Waals surface area contributed by atoms with E-state index in [1.54, 1.807) is 0 Å². The van der Waals surface area contributed by atoms with Crippen LogP contribution in [0.5, 0.6) is 0 Å². The maximum Gasteiger partial charge on any atom is 0.321 e. The van der Waals surface area contributed by atoms with Crippen molar-refractivity contribution >= 4 is 17.7 Å².